The zero-order valence-corrected chi connectivity index (χ0v) is 12.6. The third kappa shape index (κ3) is 5.74. The standard InChI is InChI=1S/C7H9BrI2O2/c1-4(2)7(11)12-3-5(9)6(8)10/h4H,3H2,1-2H3/b6-5-. The van der Waals surface area contributed by atoms with Gasteiger partial charge in [-0.25, -0.2) is 0 Å². The molecule has 0 N–H and O–H groups in total. The van der Waals surface area contributed by atoms with Crippen molar-refractivity contribution < 1.29 is 9.53 Å². The minimum Gasteiger partial charge on any atom is -0.460 e. The van der Waals surface area contributed by atoms with Crippen LogP contribution in [0.2, 0.25) is 0 Å². The molecule has 5 heteroatoms. The number of rotatable bonds is 3. The van der Waals surface area contributed by atoms with Crippen LogP contribution in [-0.4, -0.2) is 12.6 Å². The summed E-state index contributed by atoms with van der Waals surface area (Å²) in [4.78, 5) is 11.0. The van der Waals surface area contributed by atoms with Gasteiger partial charge in [0.05, 0.1) is 8.41 Å². The number of hydrogen-bond donors (Lipinski definition) is 0. The van der Waals surface area contributed by atoms with Gasteiger partial charge in [0, 0.05) is 3.58 Å². The Morgan fingerprint density at radius 1 is 1.50 bits per heavy atom. The van der Waals surface area contributed by atoms with Crippen LogP contribution < -0.4 is 0 Å². The lowest BCUT2D eigenvalue weighted by Gasteiger charge is -2.06. The Balaban J connectivity index is 3.85. The zero-order valence-electron chi connectivity index (χ0n) is 6.73. The van der Waals surface area contributed by atoms with Gasteiger partial charge in [0.25, 0.3) is 0 Å². The lowest BCUT2D eigenvalue weighted by Crippen LogP contribution is -2.12. The number of carbonyl (C=O) groups is 1. The van der Waals surface area contributed by atoms with Gasteiger partial charge in [-0.3, -0.25) is 4.79 Å². The van der Waals surface area contributed by atoms with Crippen LogP contribution in [0.25, 0.3) is 0 Å². The summed E-state index contributed by atoms with van der Waals surface area (Å²) >= 11 is 7.56. The fourth-order valence-corrected chi connectivity index (χ4v) is 0.782. The molecule has 0 rings (SSSR count). The molecule has 0 saturated carbocycles. The molecule has 0 unspecified atom stereocenters. The number of halogens is 3. The highest BCUT2D eigenvalue weighted by Crippen LogP contribution is 2.24. The minimum absolute atomic E-state index is 0.0535. The van der Waals surface area contributed by atoms with Crippen molar-refractivity contribution in [3.05, 3.63) is 6.07 Å². The number of carbonyl (C=O) groups excluding carboxylic acids is 1. The SMILES string of the molecule is CC(C)C(=O)OC/C(I)=C(\Br)I. The molecule has 0 aromatic rings. The second-order valence-electron chi connectivity index (χ2n) is 2.43. The first-order valence-corrected chi connectivity index (χ1v) is 6.26. The Morgan fingerprint density at radius 2 is 2.00 bits per heavy atom. The Kier molecular flexibility index (Phi) is 7.21. The molecule has 0 heterocycles. The van der Waals surface area contributed by atoms with Gasteiger partial charge in [-0.15, -0.1) is 0 Å². The monoisotopic (exact) mass is 458 g/mol. The van der Waals surface area contributed by atoms with E-state index in [1.807, 2.05) is 13.8 Å². The van der Waals surface area contributed by atoms with Crippen LogP contribution in [0.3, 0.4) is 0 Å². The molecule has 0 aromatic carbocycles. The van der Waals surface area contributed by atoms with Crippen LogP contribution in [-0.2, 0) is 9.53 Å². The lowest BCUT2D eigenvalue weighted by atomic mass is 10.2. The maximum absolute atomic E-state index is 11.0. The number of hydrogen-bond acceptors (Lipinski definition) is 2. The van der Waals surface area contributed by atoms with Crippen LogP contribution in [0.1, 0.15) is 13.8 Å². The summed E-state index contributed by atoms with van der Waals surface area (Å²) in [5.41, 5.74) is 0. The maximum Gasteiger partial charge on any atom is 0.308 e. The Labute approximate surface area is 108 Å². The number of ether oxygens (including phenoxy) is 1. The molecular weight excluding hydrogens is 450 g/mol. The van der Waals surface area contributed by atoms with Crippen molar-refractivity contribution in [1.82, 2.24) is 0 Å². The van der Waals surface area contributed by atoms with Crippen molar-refractivity contribution in [3.8, 4) is 0 Å². The second kappa shape index (κ2) is 6.58. The Morgan fingerprint density at radius 3 is 2.33 bits per heavy atom. The predicted octanol–water partition coefficient (Wildman–Crippen LogP) is 3.62. The minimum atomic E-state index is -0.158. The van der Waals surface area contributed by atoms with E-state index in [0.717, 1.165) is 6.07 Å². The zero-order chi connectivity index (χ0) is 9.72. The molecule has 0 aliphatic carbocycles. The number of esters is 1. The van der Waals surface area contributed by atoms with Crippen LogP contribution in [0.5, 0.6) is 0 Å². The first kappa shape index (κ1) is 13.2. The van der Waals surface area contributed by atoms with E-state index in [-0.39, 0.29) is 11.9 Å². The Hall–Kier alpha value is 1.15. The van der Waals surface area contributed by atoms with Crippen molar-refractivity contribution in [3.63, 3.8) is 0 Å². The molecule has 0 aliphatic heterocycles. The van der Waals surface area contributed by atoms with Crippen molar-refractivity contribution in [2.75, 3.05) is 6.61 Å². The van der Waals surface area contributed by atoms with Gasteiger partial charge >= 0.3 is 5.97 Å². The van der Waals surface area contributed by atoms with Crippen LogP contribution in [0.4, 0.5) is 0 Å². The van der Waals surface area contributed by atoms with E-state index in [2.05, 4.69) is 61.1 Å². The van der Waals surface area contributed by atoms with Crippen molar-refractivity contribution in [2.45, 2.75) is 13.8 Å². The van der Waals surface area contributed by atoms with E-state index in [1.165, 1.54) is 0 Å². The van der Waals surface area contributed by atoms with Crippen LogP contribution in [0.15, 0.2) is 6.07 Å². The van der Waals surface area contributed by atoms with E-state index in [4.69, 9.17) is 4.74 Å². The molecule has 0 atom stereocenters. The van der Waals surface area contributed by atoms with Gasteiger partial charge in [0.1, 0.15) is 6.61 Å². The highest BCUT2D eigenvalue weighted by Gasteiger charge is 2.08. The summed E-state index contributed by atoms with van der Waals surface area (Å²) in [7, 11) is 0. The molecule has 0 amide bonds. The molecule has 0 fully saturated rings. The predicted molar refractivity (Wildman–Crippen MR) is 69.8 cm³/mol. The molecule has 0 radical (unpaired) electrons. The summed E-state index contributed by atoms with van der Waals surface area (Å²) in [6.07, 6.45) is 0. The van der Waals surface area contributed by atoms with Gasteiger partial charge in [0.2, 0.25) is 0 Å². The fraction of sp³-hybridized carbons (Fsp3) is 0.571. The fourth-order valence-electron chi connectivity index (χ4n) is 0.356. The molecule has 70 valence electrons. The maximum atomic E-state index is 11.0. The van der Waals surface area contributed by atoms with E-state index in [0.29, 0.717) is 6.61 Å². The molecule has 0 aromatic heterocycles. The quantitative estimate of drug-likeness (QED) is 0.477. The molecule has 12 heavy (non-hydrogen) atoms. The molecule has 0 spiro atoms. The first-order chi connectivity index (χ1) is 5.45. The summed E-state index contributed by atoms with van der Waals surface area (Å²) in [5, 5.41) is 0. The van der Waals surface area contributed by atoms with Crippen molar-refractivity contribution in [2.24, 2.45) is 5.92 Å². The topological polar surface area (TPSA) is 26.3 Å². The lowest BCUT2D eigenvalue weighted by molar-refractivity contribution is -0.146. The van der Waals surface area contributed by atoms with Gasteiger partial charge in [-0.1, -0.05) is 13.8 Å². The molecule has 2 nitrogen and oxygen atoms in total. The van der Waals surface area contributed by atoms with E-state index >= 15 is 0 Å². The highest BCUT2D eigenvalue weighted by atomic mass is 127. The Bertz CT molecular complexity index is 198. The summed E-state index contributed by atoms with van der Waals surface area (Å²) in [5.74, 6) is -0.212. The first-order valence-electron chi connectivity index (χ1n) is 3.31. The smallest absolute Gasteiger partial charge is 0.308 e. The normalized spacial score (nSPS) is 12.8. The van der Waals surface area contributed by atoms with Gasteiger partial charge in [-0.05, 0) is 61.1 Å². The molecule has 0 aliphatic rings. The van der Waals surface area contributed by atoms with Gasteiger partial charge < -0.3 is 4.74 Å². The van der Waals surface area contributed by atoms with Crippen molar-refractivity contribution in [1.29, 1.82) is 0 Å². The summed E-state index contributed by atoms with van der Waals surface area (Å²) < 4.78 is 6.97. The largest absolute Gasteiger partial charge is 0.460 e. The second-order valence-corrected chi connectivity index (χ2v) is 7.08. The van der Waals surface area contributed by atoms with E-state index in [9.17, 15) is 4.79 Å². The average Bonchev–Trinajstić information content (AvgIpc) is 1.98. The van der Waals surface area contributed by atoms with Crippen LogP contribution >= 0.6 is 61.1 Å². The average molecular weight is 459 g/mol. The molecule has 0 saturated heterocycles. The molecular formula is C7H9BrI2O2. The third-order valence-electron chi connectivity index (χ3n) is 1.02. The van der Waals surface area contributed by atoms with Crippen molar-refractivity contribution >= 4 is 67.1 Å². The third-order valence-corrected chi connectivity index (χ3v) is 4.77. The highest BCUT2D eigenvalue weighted by molar-refractivity contribution is 14.1. The van der Waals surface area contributed by atoms with Gasteiger partial charge in [-0.2, -0.15) is 0 Å². The van der Waals surface area contributed by atoms with Gasteiger partial charge in [0.15, 0.2) is 0 Å². The molecule has 0 bridgehead atoms. The van der Waals surface area contributed by atoms with E-state index in [1.54, 1.807) is 0 Å². The summed E-state index contributed by atoms with van der Waals surface area (Å²) in [6, 6.07) is 0. The summed E-state index contributed by atoms with van der Waals surface area (Å²) in [6.45, 7) is 4.00. The van der Waals surface area contributed by atoms with Crippen LogP contribution in [0, 0.1) is 5.92 Å². The van der Waals surface area contributed by atoms with E-state index < -0.39 is 0 Å².